The molecule has 1 aromatic heterocycles. The van der Waals surface area contributed by atoms with Gasteiger partial charge in [0.15, 0.2) is 0 Å². The van der Waals surface area contributed by atoms with Crippen LogP contribution in [-0.2, 0) is 0 Å². The van der Waals surface area contributed by atoms with Crippen LogP contribution in [0.15, 0.2) is 30.5 Å². The van der Waals surface area contributed by atoms with Crippen molar-refractivity contribution in [2.75, 3.05) is 18.5 Å². The summed E-state index contributed by atoms with van der Waals surface area (Å²) in [5, 5.41) is 1.28. The summed E-state index contributed by atoms with van der Waals surface area (Å²) in [4.78, 5) is 6.72. The van der Waals surface area contributed by atoms with Crippen molar-refractivity contribution in [1.82, 2.24) is 4.98 Å². The highest BCUT2D eigenvalue weighted by Crippen LogP contribution is 2.34. The predicted octanol–water partition coefficient (Wildman–Crippen LogP) is 3.01. The second-order valence-corrected chi connectivity index (χ2v) is 4.31. The van der Waals surface area contributed by atoms with Gasteiger partial charge in [0, 0.05) is 25.2 Å². The smallest absolute Gasteiger partial charge is 0.0725 e. The summed E-state index contributed by atoms with van der Waals surface area (Å²) in [6.07, 6.45) is 6.27. The first kappa shape index (κ1) is 9.40. The van der Waals surface area contributed by atoms with Gasteiger partial charge in [0.2, 0.25) is 0 Å². The molecule has 3 rings (SSSR count). The van der Waals surface area contributed by atoms with Gasteiger partial charge in [-0.05, 0) is 30.2 Å². The van der Waals surface area contributed by atoms with E-state index in [9.17, 15) is 0 Å². The van der Waals surface area contributed by atoms with Gasteiger partial charge in [-0.2, -0.15) is 0 Å². The Bertz CT molecular complexity index is 585. The van der Waals surface area contributed by atoms with Crippen LogP contribution >= 0.6 is 0 Å². The maximum absolute atomic E-state index is 4.43. The largest absolute Gasteiger partial charge is 0.370 e. The van der Waals surface area contributed by atoms with E-state index in [4.69, 9.17) is 0 Å². The van der Waals surface area contributed by atoms with Gasteiger partial charge in [-0.15, -0.1) is 0 Å². The van der Waals surface area contributed by atoms with Crippen LogP contribution in [0.1, 0.15) is 11.1 Å². The van der Waals surface area contributed by atoms with E-state index in [0.29, 0.717) is 0 Å². The number of benzene rings is 1. The van der Waals surface area contributed by atoms with Crippen LogP contribution in [0, 0.1) is 6.92 Å². The maximum Gasteiger partial charge on any atom is 0.0725 e. The molecule has 80 valence electrons. The first-order valence-corrected chi connectivity index (χ1v) is 5.53. The van der Waals surface area contributed by atoms with Gasteiger partial charge in [0.25, 0.3) is 0 Å². The van der Waals surface area contributed by atoms with Crippen LogP contribution in [0.4, 0.5) is 5.69 Å². The molecule has 0 saturated carbocycles. The molecule has 1 aromatic carbocycles. The summed E-state index contributed by atoms with van der Waals surface area (Å²) in [6, 6.07) is 6.33. The molecule has 2 aromatic rings. The number of nitrogens with zero attached hydrogens (tertiary/aromatic N) is 2. The average Bonchev–Trinajstić information content (AvgIpc) is 2.29. The summed E-state index contributed by atoms with van der Waals surface area (Å²) in [6.45, 7) is 3.12. The van der Waals surface area contributed by atoms with Gasteiger partial charge in [-0.25, -0.2) is 0 Å². The number of fused-ring (bicyclic) bond motifs is 3. The van der Waals surface area contributed by atoms with E-state index in [1.807, 2.05) is 6.20 Å². The van der Waals surface area contributed by atoms with Crippen molar-refractivity contribution < 1.29 is 0 Å². The molecule has 0 amide bonds. The SMILES string of the molecule is Cc1ccnc2ccc3c(c12)N(C)CC=C3. The van der Waals surface area contributed by atoms with Gasteiger partial charge < -0.3 is 4.90 Å². The predicted molar refractivity (Wildman–Crippen MR) is 68.8 cm³/mol. The number of pyridine rings is 1. The zero-order valence-electron chi connectivity index (χ0n) is 9.57. The molecule has 0 radical (unpaired) electrons. The standard InChI is InChI=1S/C14H14N2/c1-10-7-8-15-12-6-5-11-4-3-9-16(2)14(11)13(10)12/h3-8H,9H2,1-2H3. The number of rotatable bonds is 0. The van der Waals surface area contributed by atoms with Crippen LogP contribution in [0.5, 0.6) is 0 Å². The van der Waals surface area contributed by atoms with Crippen molar-refractivity contribution in [2.24, 2.45) is 0 Å². The highest BCUT2D eigenvalue weighted by Gasteiger charge is 2.14. The number of anilines is 1. The first-order chi connectivity index (χ1) is 7.77. The Kier molecular flexibility index (Phi) is 1.96. The third-order valence-corrected chi connectivity index (χ3v) is 3.18. The molecule has 2 nitrogen and oxygen atoms in total. The number of hydrogen-bond donors (Lipinski definition) is 0. The molecule has 0 saturated heterocycles. The quantitative estimate of drug-likeness (QED) is 0.664. The van der Waals surface area contributed by atoms with Crippen molar-refractivity contribution in [3.8, 4) is 0 Å². The summed E-state index contributed by atoms with van der Waals surface area (Å²) in [5.74, 6) is 0. The topological polar surface area (TPSA) is 16.1 Å². The molecule has 16 heavy (non-hydrogen) atoms. The number of aryl methyl sites for hydroxylation is 1. The molecule has 2 heterocycles. The van der Waals surface area contributed by atoms with Crippen LogP contribution in [-0.4, -0.2) is 18.6 Å². The van der Waals surface area contributed by atoms with Crippen molar-refractivity contribution in [2.45, 2.75) is 6.92 Å². The van der Waals surface area contributed by atoms with Crippen molar-refractivity contribution >= 4 is 22.7 Å². The minimum absolute atomic E-state index is 0.973. The molecule has 1 aliphatic heterocycles. The normalized spacial score (nSPS) is 14.2. The number of likely N-dealkylation sites (N-methyl/N-ethyl adjacent to an activating group) is 1. The molecule has 0 N–H and O–H groups in total. The second-order valence-electron chi connectivity index (χ2n) is 4.31. The van der Waals surface area contributed by atoms with Crippen LogP contribution in [0.25, 0.3) is 17.0 Å². The lowest BCUT2D eigenvalue weighted by Crippen LogP contribution is -2.20. The van der Waals surface area contributed by atoms with E-state index in [1.54, 1.807) is 0 Å². The number of hydrogen-bond acceptors (Lipinski definition) is 2. The molecular formula is C14H14N2. The van der Waals surface area contributed by atoms with Gasteiger partial charge in [-0.1, -0.05) is 18.2 Å². The molecular weight excluding hydrogens is 196 g/mol. The van der Waals surface area contributed by atoms with Gasteiger partial charge >= 0.3 is 0 Å². The average molecular weight is 210 g/mol. The summed E-state index contributed by atoms with van der Waals surface area (Å²) in [7, 11) is 2.13. The van der Waals surface area contributed by atoms with Gasteiger partial charge in [-0.3, -0.25) is 4.98 Å². The summed E-state index contributed by atoms with van der Waals surface area (Å²) >= 11 is 0. The fourth-order valence-corrected chi connectivity index (χ4v) is 2.38. The van der Waals surface area contributed by atoms with Crippen LogP contribution in [0.2, 0.25) is 0 Å². The van der Waals surface area contributed by atoms with Crippen LogP contribution < -0.4 is 4.90 Å². The molecule has 0 fully saturated rings. The Labute approximate surface area is 95.2 Å². The minimum Gasteiger partial charge on any atom is -0.370 e. The molecule has 2 heteroatoms. The van der Waals surface area contributed by atoms with Crippen molar-refractivity contribution in [3.05, 3.63) is 41.6 Å². The van der Waals surface area contributed by atoms with E-state index in [0.717, 1.165) is 12.1 Å². The highest BCUT2D eigenvalue weighted by atomic mass is 15.1. The third kappa shape index (κ3) is 1.23. The zero-order chi connectivity index (χ0) is 11.1. The lowest BCUT2D eigenvalue weighted by molar-refractivity contribution is 1.03. The van der Waals surface area contributed by atoms with E-state index in [1.165, 1.54) is 22.2 Å². The highest BCUT2D eigenvalue weighted by molar-refractivity contribution is 5.99. The van der Waals surface area contributed by atoms with E-state index in [-0.39, 0.29) is 0 Å². The Morgan fingerprint density at radius 2 is 2.12 bits per heavy atom. The van der Waals surface area contributed by atoms with E-state index >= 15 is 0 Å². The summed E-state index contributed by atoms with van der Waals surface area (Å²) in [5.41, 5.74) is 4.98. The maximum atomic E-state index is 4.43. The Balaban J connectivity index is 2.46. The second kappa shape index (κ2) is 3.34. The monoisotopic (exact) mass is 210 g/mol. The minimum atomic E-state index is 0.973. The Morgan fingerprint density at radius 3 is 3.00 bits per heavy atom. The summed E-state index contributed by atoms with van der Waals surface area (Å²) < 4.78 is 0. The van der Waals surface area contributed by atoms with Crippen LogP contribution in [0.3, 0.4) is 0 Å². The molecule has 0 bridgehead atoms. The van der Waals surface area contributed by atoms with Crippen molar-refractivity contribution in [1.29, 1.82) is 0 Å². The molecule has 0 spiro atoms. The van der Waals surface area contributed by atoms with E-state index < -0.39 is 0 Å². The fraction of sp³-hybridized carbons (Fsp3) is 0.214. The lowest BCUT2D eigenvalue weighted by atomic mass is 10.0. The zero-order valence-corrected chi connectivity index (χ0v) is 9.57. The lowest BCUT2D eigenvalue weighted by Gasteiger charge is -2.25. The molecule has 0 aliphatic carbocycles. The molecule has 0 unspecified atom stereocenters. The Hall–Kier alpha value is -1.83. The van der Waals surface area contributed by atoms with E-state index in [2.05, 4.69) is 54.2 Å². The first-order valence-electron chi connectivity index (χ1n) is 5.53. The molecule has 1 aliphatic rings. The fourth-order valence-electron chi connectivity index (χ4n) is 2.38. The van der Waals surface area contributed by atoms with Gasteiger partial charge in [0.05, 0.1) is 11.2 Å². The van der Waals surface area contributed by atoms with Crippen molar-refractivity contribution in [3.63, 3.8) is 0 Å². The van der Waals surface area contributed by atoms with Gasteiger partial charge in [0.1, 0.15) is 0 Å². The third-order valence-electron chi connectivity index (χ3n) is 3.18. The number of aromatic nitrogens is 1. The Morgan fingerprint density at radius 1 is 1.25 bits per heavy atom. The molecule has 0 atom stereocenters.